The maximum atomic E-state index is 12.1. The summed E-state index contributed by atoms with van der Waals surface area (Å²) >= 11 is 0. The molecule has 0 saturated carbocycles. The van der Waals surface area contributed by atoms with Gasteiger partial charge in [-0.3, -0.25) is 4.79 Å². The molecule has 6 nitrogen and oxygen atoms in total. The van der Waals surface area contributed by atoms with E-state index in [1.54, 1.807) is 13.2 Å². The second kappa shape index (κ2) is 9.24. The molecule has 0 unspecified atom stereocenters. The van der Waals surface area contributed by atoms with E-state index in [-0.39, 0.29) is 11.4 Å². The summed E-state index contributed by atoms with van der Waals surface area (Å²) in [7, 11) is 1.64. The van der Waals surface area contributed by atoms with Gasteiger partial charge in [-0.2, -0.15) is 0 Å². The molecule has 0 bridgehead atoms. The number of phenolic OH excluding ortho intramolecular Hbond substituents is 1. The van der Waals surface area contributed by atoms with Crippen LogP contribution < -0.4 is 19.9 Å². The third-order valence-corrected chi connectivity index (χ3v) is 4.87. The summed E-state index contributed by atoms with van der Waals surface area (Å²) < 4.78 is 5.38. The largest absolute Gasteiger partial charge is 0.507 e. The van der Waals surface area contributed by atoms with Crippen LogP contribution in [0.2, 0.25) is 0 Å². The van der Waals surface area contributed by atoms with Gasteiger partial charge in [0.25, 0.3) is 5.91 Å². The number of methoxy groups -OCH3 is 1. The van der Waals surface area contributed by atoms with E-state index in [1.165, 1.54) is 9.80 Å². The molecule has 6 heteroatoms. The summed E-state index contributed by atoms with van der Waals surface area (Å²) in [4.78, 5) is 14.9. The maximum absolute atomic E-state index is 12.1. The molecule has 1 aliphatic heterocycles. The number of nitrogens with one attached hydrogen (secondary N) is 3. The number of piperazine rings is 1. The van der Waals surface area contributed by atoms with Crippen LogP contribution in [0, 0.1) is 0 Å². The Morgan fingerprint density at radius 2 is 1.81 bits per heavy atom. The Morgan fingerprint density at radius 1 is 1.22 bits per heavy atom. The lowest BCUT2D eigenvalue weighted by atomic mass is 10.0. The molecule has 1 saturated heterocycles. The number of benzene rings is 1. The Kier molecular flexibility index (Phi) is 7.27. The fourth-order valence-corrected chi connectivity index (χ4v) is 3.56. The molecule has 1 heterocycles. The zero-order valence-corrected chi connectivity index (χ0v) is 17.2. The molecule has 0 atom stereocenters. The molecule has 1 aliphatic rings. The number of allylic oxidation sites excluding steroid dienone is 1. The van der Waals surface area contributed by atoms with Crippen LogP contribution in [0.3, 0.4) is 0 Å². The van der Waals surface area contributed by atoms with E-state index in [2.05, 4.69) is 11.9 Å². The second-order valence-corrected chi connectivity index (χ2v) is 8.44. The Hall–Kier alpha value is -2.05. The maximum Gasteiger partial charge on any atom is 0.275 e. The van der Waals surface area contributed by atoms with Crippen molar-refractivity contribution < 1.29 is 24.4 Å². The molecule has 27 heavy (non-hydrogen) atoms. The van der Waals surface area contributed by atoms with Crippen molar-refractivity contribution in [2.45, 2.75) is 39.3 Å². The molecule has 0 spiro atoms. The van der Waals surface area contributed by atoms with Crippen molar-refractivity contribution in [1.82, 2.24) is 5.32 Å². The van der Waals surface area contributed by atoms with Gasteiger partial charge in [-0.25, -0.2) is 0 Å². The minimum atomic E-state index is -0.184. The van der Waals surface area contributed by atoms with Gasteiger partial charge in [-0.15, -0.1) is 6.58 Å². The Morgan fingerprint density at radius 3 is 2.37 bits per heavy atom. The minimum absolute atomic E-state index is 0.112. The zero-order chi connectivity index (χ0) is 20.0. The second-order valence-electron chi connectivity index (χ2n) is 8.44. The summed E-state index contributed by atoms with van der Waals surface area (Å²) in [6.45, 7) is 14.9. The van der Waals surface area contributed by atoms with Crippen LogP contribution in [-0.2, 0) is 17.8 Å². The van der Waals surface area contributed by atoms with Crippen LogP contribution in [0.4, 0.5) is 0 Å². The third kappa shape index (κ3) is 6.56. The van der Waals surface area contributed by atoms with Crippen LogP contribution in [0.5, 0.6) is 11.5 Å². The van der Waals surface area contributed by atoms with Crippen molar-refractivity contribution in [2.24, 2.45) is 0 Å². The lowest BCUT2D eigenvalue weighted by Gasteiger charge is -2.30. The monoisotopic (exact) mass is 377 g/mol. The molecule has 1 fully saturated rings. The fraction of sp³-hybridized carbons (Fsp3) is 0.571. The Labute approximate surface area is 162 Å². The molecule has 0 radical (unpaired) electrons. The van der Waals surface area contributed by atoms with Crippen molar-refractivity contribution in [3.05, 3.63) is 35.9 Å². The number of amides is 1. The highest BCUT2D eigenvalue weighted by atomic mass is 16.5. The number of carbonyl (C=O) groups excluding carboxylic acids is 1. The summed E-state index contributed by atoms with van der Waals surface area (Å²) in [5, 5.41) is 13.6. The van der Waals surface area contributed by atoms with Gasteiger partial charge in [0.05, 0.1) is 12.7 Å². The topological polar surface area (TPSA) is 67.4 Å². The average molecular weight is 378 g/mol. The van der Waals surface area contributed by atoms with Crippen molar-refractivity contribution in [2.75, 3.05) is 39.8 Å². The van der Waals surface area contributed by atoms with Crippen molar-refractivity contribution in [3.63, 3.8) is 0 Å². The minimum Gasteiger partial charge on any atom is -0.507 e. The Bertz CT molecular complexity index is 659. The molecule has 4 N–H and O–H groups in total. The first kappa shape index (κ1) is 21.3. The number of hydrogen-bond acceptors (Lipinski definition) is 3. The van der Waals surface area contributed by atoms with Gasteiger partial charge in [-0.05, 0) is 39.3 Å². The van der Waals surface area contributed by atoms with Crippen LogP contribution in [0.1, 0.15) is 31.9 Å². The van der Waals surface area contributed by atoms with Crippen molar-refractivity contribution in [1.29, 1.82) is 0 Å². The highest BCUT2D eigenvalue weighted by Gasteiger charge is 2.27. The molecule has 0 aliphatic carbocycles. The van der Waals surface area contributed by atoms with Crippen molar-refractivity contribution >= 4 is 5.91 Å². The molecule has 0 aromatic heterocycles. The number of ether oxygens (including phenoxy) is 1. The van der Waals surface area contributed by atoms with Gasteiger partial charge < -0.3 is 25.0 Å². The third-order valence-electron chi connectivity index (χ3n) is 4.87. The normalized spacial score (nSPS) is 20.1. The number of carbonyl (C=O) groups is 1. The van der Waals surface area contributed by atoms with E-state index >= 15 is 0 Å². The zero-order valence-electron chi connectivity index (χ0n) is 17.2. The smallest absolute Gasteiger partial charge is 0.275 e. The summed E-state index contributed by atoms with van der Waals surface area (Å²) in [6.07, 6.45) is 2.40. The lowest BCUT2D eigenvalue weighted by Crippen LogP contribution is -3.28. The van der Waals surface area contributed by atoms with Crippen LogP contribution in [-0.4, -0.2) is 56.4 Å². The molecular formula is C21H35N3O3+2. The number of rotatable bonds is 7. The van der Waals surface area contributed by atoms with Gasteiger partial charge in [-0.1, -0.05) is 6.08 Å². The van der Waals surface area contributed by atoms with E-state index in [4.69, 9.17) is 4.74 Å². The number of aromatic hydroxyl groups is 1. The SMILES string of the molecule is C=CCc1cc(OC)cc(C[NH+]2CC[NH+](CC(=O)NC(C)(C)C)CC2)c1O. The predicted molar refractivity (Wildman–Crippen MR) is 106 cm³/mol. The molecular weight excluding hydrogens is 342 g/mol. The van der Waals surface area contributed by atoms with Gasteiger partial charge in [0.15, 0.2) is 6.54 Å². The van der Waals surface area contributed by atoms with E-state index in [1.807, 2.05) is 32.9 Å². The summed E-state index contributed by atoms with van der Waals surface area (Å²) in [5.74, 6) is 1.23. The van der Waals surface area contributed by atoms with Crippen LogP contribution >= 0.6 is 0 Å². The first-order valence-electron chi connectivity index (χ1n) is 9.69. The Balaban J connectivity index is 1.93. The number of quaternary nitrogens is 2. The highest BCUT2D eigenvalue weighted by molar-refractivity contribution is 5.77. The van der Waals surface area contributed by atoms with Crippen LogP contribution in [0.15, 0.2) is 24.8 Å². The molecule has 1 amide bonds. The number of phenols is 1. The van der Waals surface area contributed by atoms with Gasteiger partial charge in [0, 0.05) is 11.1 Å². The quantitative estimate of drug-likeness (QED) is 0.477. The van der Waals surface area contributed by atoms with E-state index < -0.39 is 0 Å². The highest BCUT2D eigenvalue weighted by Crippen LogP contribution is 2.28. The summed E-state index contributed by atoms with van der Waals surface area (Å²) in [5.41, 5.74) is 1.58. The first-order chi connectivity index (χ1) is 12.7. The van der Waals surface area contributed by atoms with Gasteiger partial charge >= 0.3 is 0 Å². The van der Waals surface area contributed by atoms with E-state index in [0.29, 0.717) is 18.7 Å². The van der Waals surface area contributed by atoms with Crippen LogP contribution in [0.25, 0.3) is 0 Å². The first-order valence-corrected chi connectivity index (χ1v) is 9.69. The molecule has 150 valence electrons. The van der Waals surface area contributed by atoms with E-state index in [9.17, 15) is 9.90 Å². The molecule has 1 aromatic rings. The standard InChI is InChI=1S/C21H33N3O3/c1-6-7-16-12-18(27-5)13-17(20(16)26)14-23-8-10-24(11-9-23)15-19(25)22-21(2,3)4/h6,12-13,26H,1,7-11,14-15H2,2-5H3,(H,22,25)/p+2. The fourth-order valence-electron chi connectivity index (χ4n) is 3.56. The lowest BCUT2D eigenvalue weighted by molar-refractivity contribution is -1.02. The summed E-state index contributed by atoms with van der Waals surface area (Å²) in [6, 6.07) is 3.79. The molecule has 1 aromatic carbocycles. The number of hydrogen-bond donors (Lipinski definition) is 4. The van der Waals surface area contributed by atoms with E-state index in [0.717, 1.165) is 49.6 Å². The average Bonchev–Trinajstić information content (AvgIpc) is 2.58. The van der Waals surface area contributed by atoms with Gasteiger partial charge in [0.1, 0.15) is 44.2 Å². The molecule has 2 rings (SSSR count). The van der Waals surface area contributed by atoms with Gasteiger partial charge in [0.2, 0.25) is 0 Å². The predicted octanol–water partition coefficient (Wildman–Crippen LogP) is -0.673. The van der Waals surface area contributed by atoms with Crippen molar-refractivity contribution in [3.8, 4) is 11.5 Å².